The zero-order valence-corrected chi connectivity index (χ0v) is 17.3. The van der Waals surface area contributed by atoms with Crippen LogP contribution in [-0.4, -0.2) is 11.0 Å². The van der Waals surface area contributed by atoms with Crippen LogP contribution in [0.25, 0.3) is 0 Å². The summed E-state index contributed by atoms with van der Waals surface area (Å²) < 4.78 is 0. The third kappa shape index (κ3) is 6.37. The third-order valence-corrected chi connectivity index (χ3v) is 3.79. The van der Waals surface area contributed by atoms with E-state index in [1.54, 1.807) is 30.3 Å². The number of nitrogens with two attached hydrogens (primary N) is 2. The van der Waals surface area contributed by atoms with Gasteiger partial charge in [-0.05, 0) is 53.5 Å². The van der Waals surface area contributed by atoms with E-state index in [2.05, 4.69) is 31.4 Å². The van der Waals surface area contributed by atoms with Crippen LogP contribution in [0.15, 0.2) is 42.5 Å². The molecule has 2 rings (SSSR count). The molecular formula is C18H24Cl2N4OS. The minimum Gasteiger partial charge on any atom is -0.397 e. The molecule has 0 heterocycles. The Kier molecular flexibility index (Phi) is 8.87. The second-order valence-electron chi connectivity index (χ2n) is 6.58. The Morgan fingerprint density at radius 1 is 0.962 bits per heavy atom. The minimum absolute atomic E-state index is 0. The Labute approximate surface area is 171 Å². The summed E-state index contributed by atoms with van der Waals surface area (Å²) in [6.45, 7) is 6.37. The summed E-state index contributed by atoms with van der Waals surface area (Å²) >= 11 is 5.16. The number of carbonyl (C=O) groups is 1. The molecule has 0 aromatic heterocycles. The van der Waals surface area contributed by atoms with Crippen molar-refractivity contribution in [3.8, 4) is 0 Å². The average molecular weight is 415 g/mol. The highest BCUT2D eigenvalue weighted by Crippen LogP contribution is 2.22. The molecular weight excluding hydrogens is 391 g/mol. The van der Waals surface area contributed by atoms with Crippen molar-refractivity contribution in [2.24, 2.45) is 0 Å². The number of halogens is 2. The summed E-state index contributed by atoms with van der Waals surface area (Å²) in [5, 5.41) is 5.75. The lowest BCUT2D eigenvalue weighted by Crippen LogP contribution is -2.34. The van der Waals surface area contributed by atoms with E-state index in [0.717, 1.165) is 5.56 Å². The molecule has 0 unspecified atom stereocenters. The predicted octanol–water partition coefficient (Wildman–Crippen LogP) is 4.12. The van der Waals surface area contributed by atoms with Gasteiger partial charge in [-0.25, -0.2) is 0 Å². The fraction of sp³-hybridized carbons (Fsp3) is 0.222. The van der Waals surface area contributed by atoms with Gasteiger partial charge in [-0.1, -0.05) is 32.9 Å². The van der Waals surface area contributed by atoms with Crippen molar-refractivity contribution in [2.75, 3.05) is 16.8 Å². The molecule has 0 atom stereocenters. The van der Waals surface area contributed by atoms with Crippen LogP contribution in [0.4, 0.5) is 17.1 Å². The van der Waals surface area contributed by atoms with Crippen LogP contribution < -0.4 is 22.1 Å². The molecule has 0 aliphatic heterocycles. The Morgan fingerprint density at radius 2 is 1.54 bits per heavy atom. The third-order valence-electron chi connectivity index (χ3n) is 3.58. The molecule has 26 heavy (non-hydrogen) atoms. The maximum atomic E-state index is 12.2. The average Bonchev–Trinajstić information content (AvgIpc) is 2.50. The summed E-state index contributed by atoms with van der Waals surface area (Å²) in [6, 6.07) is 12.6. The standard InChI is InChI=1S/C18H22N4OS.2ClH/c1-18(2,3)12-6-4-11(5-7-12)16(23)22-17(24)21-13-8-9-14(19)15(20)10-13;;/h4-10H,19-20H2,1-3H3,(H2,21,22,23,24);2*1H. The number of anilines is 3. The highest BCUT2D eigenvalue weighted by Gasteiger charge is 2.14. The van der Waals surface area contributed by atoms with Gasteiger partial charge in [0.15, 0.2) is 5.11 Å². The molecule has 0 radical (unpaired) electrons. The van der Waals surface area contributed by atoms with Gasteiger partial charge in [0.2, 0.25) is 0 Å². The van der Waals surface area contributed by atoms with E-state index in [1.165, 1.54) is 0 Å². The molecule has 142 valence electrons. The molecule has 5 nitrogen and oxygen atoms in total. The summed E-state index contributed by atoms with van der Waals surface area (Å²) in [5.41, 5.74) is 14.8. The molecule has 2 aromatic carbocycles. The van der Waals surface area contributed by atoms with Gasteiger partial charge < -0.3 is 16.8 Å². The van der Waals surface area contributed by atoms with E-state index in [0.29, 0.717) is 22.6 Å². The van der Waals surface area contributed by atoms with Crippen molar-refractivity contribution in [1.82, 2.24) is 5.32 Å². The molecule has 0 saturated heterocycles. The van der Waals surface area contributed by atoms with Crippen LogP contribution in [0.2, 0.25) is 0 Å². The molecule has 0 spiro atoms. The van der Waals surface area contributed by atoms with Gasteiger partial charge in [0, 0.05) is 11.3 Å². The van der Waals surface area contributed by atoms with Gasteiger partial charge in [-0.15, -0.1) is 24.8 Å². The smallest absolute Gasteiger partial charge is 0.257 e. The zero-order valence-electron chi connectivity index (χ0n) is 14.8. The second-order valence-corrected chi connectivity index (χ2v) is 6.99. The van der Waals surface area contributed by atoms with E-state index < -0.39 is 0 Å². The fourth-order valence-corrected chi connectivity index (χ4v) is 2.32. The Bertz CT molecular complexity index is 774. The number of hydrogen-bond acceptors (Lipinski definition) is 4. The first kappa shape index (κ1) is 24.0. The van der Waals surface area contributed by atoms with Gasteiger partial charge >= 0.3 is 0 Å². The lowest BCUT2D eigenvalue weighted by Gasteiger charge is -2.19. The quantitative estimate of drug-likeness (QED) is 0.437. The summed E-state index contributed by atoms with van der Waals surface area (Å²) in [7, 11) is 0. The molecule has 1 amide bonds. The monoisotopic (exact) mass is 414 g/mol. The largest absolute Gasteiger partial charge is 0.397 e. The van der Waals surface area contributed by atoms with Crippen LogP contribution in [0.3, 0.4) is 0 Å². The molecule has 0 bridgehead atoms. The van der Waals surface area contributed by atoms with Crippen LogP contribution in [0.5, 0.6) is 0 Å². The predicted molar refractivity (Wildman–Crippen MR) is 119 cm³/mol. The van der Waals surface area contributed by atoms with Gasteiger partial charge in [0.05, 0.1) is 11.4 Å². The first-order valence-corrected chi connectivity index (χ1v) is 7.95. The number of thiocarbonyl (C=S) groups is 1. The number of hydrogen-bond donors (Lipinski definition) is 4. The van der Waals surface area contributed by atoms with E-state index in [4.69, 9.17) is 23.7 Å². The maximum absolute atomic E-state index is 12.2. The van der Waals surface area contributed by atoms with Crippen molar-refractivity contribution in [3.63, 3.8) is 0 Å². The summed E-state index contributed by atoms with van der Waals surface area (Å²) in [4.78, 5) is 12.2. The highest BCUT2D eigenvalue weighted by molar-refractivity contribution is 7.80. The first-order chi connectivity index (χ1) is 11.2. The van der Waals surface area contributed by atoms with Crippen LogP contribution in [0, 0.1) is 0 Å². The Morgan fingerprint density at radius 3 is 2.04 bits per heavy atom. The Hall–Kier alpha value is -2.02. The lowest BCUT2D eigenvalue weighted by molar-refractivity contribution is 0.0977. The number of nitrogen functional groups attached to an aromatic ring is 2. The van der Waals surface area contributed by atoms with Crippen LogP contribution in [0.1, 0.15) is 36.7 Å². The van der Waals surface area contributed by atoms with Gasteiger partial charge in [-0.3, -0.25) is 10.1 Å². The SMILES string of the molecule is CC(C)(C)c1ccc(C(=O)NC(=S)Nc2ccc(N)c(N)c2)cc1.Cl.Cl. The summed E-state index contributed by atoms with van der Waals surface area (Å²) in [6.07, 6.45) is 0. The fourth-order valence-electron chi connectivity index (χ4n) is 2.11. The topological polar surface area (TPSA) is 93.2 Å². The zero-order chi connectivity index (χ0) is 17.9. The number of carbonyl (C=O) groups excluding carboxylic acids is 1. The van der Waals surface area contributed by atoms with E-state index in [9.17, 15) is 4.79 Å². The molecule has 6 N–H and O–H groups in total. The highest BCUT2D eigenvalue weighted by atomic mass is 35.5. The lowest BCUT2D eigenvalue weighted by atomic mass is 9.87. The van der Waals surface area contributed by atoms with Gasteiger partial charge in [0.25, 0.3) is 5.91 Å². The van der Waals surface area contributed by atoms with E-state index >= 15 is 0 Å². The van der Waals surface area contributed by atoms with Crippen LogP contribution in [-0.2, 0) is 5.41 Å². The van der Waals surface area contributed by atoms with Crippen molar-refractivity contribution in [2.45, 2.75) is 26.2 Å². The number of nitrogens with one attached hydrogen (secondary N) is 2. The summed E-state index contributed by atoms with van der Waals surface area (Å²) in [5.74, 6) is -0.267. The Balaban J connectivity index is 0.00000312. The number of benzene rings is 2. The van der Waals surface area contributed by atoms with Gasteiger partial charge in [0.1, 0.15) is 0 Å². The van der Waals surface area contributed by atoms with Gasteiger partial charge in [-0.2, -0.15) is 0 Å². The molecule has 2 aromatic rings. The maximum Gasteiger partial charge on any atom is 0.257 e. The number of amides is 1. The van der Waals surface area contributed by atoms with Crippen molar-refractivity contribution >= 4 is 65.1 Å². The first-order valence-electron chi connectivity index (χ1n) is 7.54. The van der Waals surface area contributed by atoms with E-state index in [-0.39, 0.29) is 41.2 Å². The van der Waals surface area contributed by atoms with Crippen molar-refractivity contribution in [3.05, 3.63) is 53.6 Å². The molecule has 8 heteroatoms. The van der Waals surface area contributed by atoms with E-state index in [1.807, 2.05) is 12.1 Å². The van der Waals surface area contributed by atoms with Crippen molar-refractivity contribution < 1.29 is 4.79 Å². The number of rotatable bonds is 2. The molecule has 0 fully saturated rings. The normalized spacial score (nSPS) is 10.1. The minimum atomic E-state index is -0.267. The molecule has 0 saturated carbocycles. The second kappa shape index (κ2) is 9.62. The molecule has 0 aliphatic rings. The van der Waals surface area contributed by atoms with Crippen LogP contribution >= 0.6 is 37.0 Å². The van der Waals surface area contributed by atoms with Crippen molar-refractivity contribution in [1.29, 1.82) is 0 Å². The molecule has 0 aliphatic carbocycles.